The largest absolute Gasteiger partial charge is 0.573 e. The lowest BCUT2D eigenvalue weighted by atomic mass is 9.48. The van der Waals surface area contributed by atoms with Gasteiger partial charge in [-0.3, -0.25) is 4.79 Å². The van der Waals surface area contributed by atoms with E-state index in [4.69, 9.17) is 0 Å². The van der Waals surface area contributed by atoms with Crippen molar-refractivity contribution >= 4 is 17.7 Å². The molecular formula is C26H29F3N6O2. The fourth-order valence-corrected chi connectivity index (χ4v) is 6.88. The first-order chi connectivity index (χ1) is 17.6. The van der Waals surface area contributed by atoms with Gasteiger partial charge in [-0.25, -0.2) is 4.98 Å². The number of hydrogen-bond donors (Lipinski definition) is 3. The van der Waals surface area contributed by atoms with Crippen molar-refractivity contribution in [2.45, 2.75) is 58.0 Å². The maximum atomic E-state index is 12.7. The molecule has 4 aliphatic carbocycles. The van der Waals surface area contributed by atoms with E-state index in [2.05, 4.69) is 36.7 Å². The van der Waals surface area contributed by atoms with Crippen LogP contribution in [0.3, 0.4) is 0 Å². The van der Waals surface area contributed by atoms with Gasteiger partial charge in [0.2, 0.25) is 11.9 Å². The summed E-state index contributed by atoms with van der Waals surface area (Å²) in [5, 5.41) is 19.1. The molecule has 2 aromatic rings. The number of alkyl halides is 3. The monoisotopic (exact) mass is 514 g/mol. The summed E-state index contributed by atoms with van der Waals surface area (Å²) in [5.41, 5.74) is 0.682. The second kappa shape index (κ2) is 9.72. The second-order valence-corrected chi connectivity index (χ2v) is 10.6. The van der Waals surface area contributed by atoms with E-state index in [-0.39, 0.29) is 35.6 Å². The zero-order valence-corrected chi connectivity index (χ0v) is 20.4. The molecule has 1 aromatic carbocycles. The Balaban J connectivity index is 1.27. The van der Waals surface area contributed by atoms with Gasteiger partial charge in [0.15, 0.2) is 0 Å². The third-order valence-electron chi connectivity index (χ3n) is 7.95. The van der Waals surface area contributed by atoms with Crippen LogP contribution in [0.1, 0.15) is 50.2 Å². The van der Waals surface area contributed by atoms with Crippen LogP contribution in [-0.2, 0) is 11.3 Å². The molecule has 4 aliphatic rings. The average Bonchev–Trinajstić information content (AvgIpc) is 2.83. The number of carbonyl (C=O) groups is 1. The minimum atomic E-state index is -4.79. The van der Waals surface area contributed by atoms with E-state index in [0.717, 1.165) is 32.1 Å². The van der Waals surface area contributed by atoms with Crippen LogP contribution >= 0.6 is 0 Å². The van der Waals surface area contributed by atoms with Crippen LogP contribution in [0.5, 0.6) is 5.75 Å². The van der Waals surface area contributed by atoms with Gasteiger partial charge in [0.25, 0.3) is 0 Å². The molecular weight excluding hydrogens is 485 g/mol. The van der Waals surface area contributed by atoms with Crippen LogP contribution in [-0.4, -0.2) is 34.8 Å². The number of nitrogens with one attached hydrogen (secondary N) is 3. The molecule has 4 saturated carbocycles. The molecule has 0 aliphatic heterocycles. The zero-order chi connectivity index (χ0) is 26.2. The number of carbonyl (C=O) groups excluding carboxylic acids is 1. The summed E-state index contributed by atoms with van der Waals surface area (Å²) in [7, 11) is 0. The molecule has 1 heterocycles. The fourth-order valence-electron chi connectivity index (χ4n) is 6.88. The molecule has 0 radical (unpaired) electrons. The summed E-state index contributed by atoms with van der Waals surface area (Å²) in [5.74, 6) is 1.91. The van der Waals surface area contributed by atoms with Crippen LogP contribution < -0.4 is 20.7 Å². The molecule has 6 rings (SSSR count). The first kappa shape index (κ1) is 25.1. The summed E-state index contributed by atoms with van der Waals surface area (Å²) < 4.78 is 42.3. The lowest BCUT2D eigenvalue weighted by Crippen LogP contribution is -2.60. The summed E-state index contributed by atoms with van der Waals surface area (Å²) in [6.45, 7) is 2.25. The molecule has 37 heavy (non-hydrogen) atoms. The van der Waals surface area contributed by atoms with Gasteiger partial charge in [-0.15, -0.1) is 13.2 Å². The first-order valence-corrected chi connectivity index (χ1v) is 12.5. The Kier molecular flexibility index (Phi) is 6.60. The van der Waals surface area contributed by atoms with E-state index in [1.165, 1.54) is 24.4 Å². The highest BCUT2D eigenvalue weighted by molar-refractivity contribution is 5.73. The maximum absolute atomic E-state index is 12.7. The highest BCUT2D eigenvalue weighted by Gasteiger charge is 2.55. The first-order valence-electron chi connectivity index (χ1n) is 12.5. The predicted molar refractivity (Wildman–Crippen MR) is 129 cm³/mol. The number of hydrogen-bond acceptors (Lipinski definition) is 7. The fraction of sp³-hybridized carbons (Fsp3) is 0.538. The van der Waals surface area contributed by atoms with E-state index in [1.54, 1.807) is 13.0 Å². The van der Waals surface area contributed by atoms with Crippen LogP contribution in [0, 0.1) is 34.5 Å². The number of rotatable bonds is 8. The Morgan fingerprint density at radius 2 is 1.92 bits per heavy atom. The lowest BCUT2D eigenvalue weighted by molar-refractivity contribution is -0.274. The number of aromatic nitrogens is 2. The van der Waals surface area contributed by atoms with Gasteiger partial charge in [-0.2, -0.15) is 10.2 Å². The number of halogens is 3. The van der Waals surface area contributed by atoms with Gasteiger partial charge in [-0.1, -0.05) is 18.2 Å². The van der Waals surface area contributed by atoms with Crippen LogP contribution in [0.15, 0.2) is 30.5 Å². The minimum Gasteiger partial charge on any atom is -0.405 e. The van der Waals surface area contributed by atoms with E-state index < -0.39 is 6.36 Å². The van der Waals surface area contributed by atoms with E-state index in [1.807, 2.05) is 0 Å². The molecule has 8 nitrogen and oxygen atoms in total. The van der Waals surface area contributed by atoms with E-state index in [9.17, 15) is 23.2 Å². The Morgan fingerprint density at radius 3 is 2.59 bits per heavy atom. The van der Waals surface area contributed by atoms with Crippen molar-refractivity contribution in [1.29, 1.82) is 5.26 Å². The molecule has 1 amide bonds. The van der Waals surface area contributed by atoms with Gasteiger partial charge in [0.05, 0.1) is 6.20 Å². The van der Waals surface area contributed by atoms with Crippen LogP contribution in [0.2, 0.25) is 0 Å². The summed E-state index contributed by atoms with van der Waals surface area (Å²) in [6.07, 6.45) is 2.06. The van der Waals surface area contributed by atoms with Crippen molar-refractivity contribution in [3.05, 3.63) is 41.6 Å². The van der Waals surface area contributed by atoms with Gasteiger partial charge >= 0.3 is 6.36 Å². The molecule has 0 saturated heterocycles. The second-order valence-electron chi connectivity index (χ2n) is 10.6. The lowest BCUT2D eigenvalue weighted by Gasteiger charge is -2.60. The third kappa shape index (κ3) is 5.58. The molecule has 0 spiro atoms. The Hall–Kier alpha value is -3.55. The molecule has 5 atom stereocenters. The predicted octanol–water partition coefficient (Wildman–Crippen LogP) is 4.60. The Bertz CT molecular complexity index is 1200. The molecule has 11 heteroatoms. The van der Waals surface area contributed by atoms with E-state index in [0.29, 0.717) is 41.2 Å². The molecule has 3 unspecified atom stereocenters. The number of para-hydroxylation sites is 1. The van der Waals surface area contributed by atoms with E-state index >= 15 is 0 Å². The number of ether oxygens (including phenoxy) is 1. The van der Waals surface area contributed by atoms with Gasteiger partial charge in [0, 0.05) is 31.6 Å². The summed E-state index contributed by atoms with van der Waals surface area (Å²) in [4.78, 5) is 20.3. The van der Waals surface area contributed by atoms with Crippen molar-refractivity contribution in [2.75, 3.05) is 17.2 Å². The molecule has 3 N–H and O–H groups in total. The standard InChI is InChI=1S/C26H29F3N6O2/c1-15(36)34-22-18-6-16-7-19(22)10-25(8-16,9-18)14-33-23-20(11-30)13-32-24(35-23)31-12-17-4-2-3-5-21(17)37-26(27,28)29/h2-5,13,16,18-19,22H,6-10,12,14H2,1H3,(H,34,36)(H2,31,32,33,35)/t16?,18-,19+,22?,25?. The quantitative estimate of drug-likeness (QED) is 0.472. The molecule has 1 aromatic heterocycles. The Labute approximate surface area is 213 Å². The van der Waals surface area contributed by atoms with Crippen molar-refractivity contribution in [3.63, 3.8) is 0 Å². The highest BCUT2D eigenvalue weighted by Crippen LogP contribution is 2.60. The van der Waals surface area contributed by atoms with Crippen molar-refractivity contribution in [1.82, 2.24) is 15.3 Å². The third-order valence-corrected chi connectivity index (χ3v) is 7.95. The molecule has 4 bridgehead atoms. The van der Waals surface area contributed by atoms with Crippen molar-refractivity contribution < 1.29 is 22.7 Å². The van der Waals surface area contributed by atoms with Crippen molar-refractivity contribution in [2.24, 2.45) is 23.2 Å². The number of anilines is 2. The Morgan fingerprint density at radius 1 is 1.19 bits per heavy atom. The maximum Gasteiger partial charge on any atom is 0.573 e. The van der Waals surface area contributed by atoms with Gasteiger partial charge in [0.1, 0.15) is 23.2 Å². The highest BCUT2D eigenvalue weighted by atomic mass is 19.4. The van der Waals surface area contributed by atoms with Crippen LogP contribution in [0.4, 0.5) is 24.9 Å². The minimum absolute atomic E-state index is 0.0110. The van der Waals surface area contributed by atoms with Crippen molar-refractivity contribution in [3.8, 4) is 11.8 Å². The normalized spacial score (nSPS) is 27.9. The SMILES string of the molecule is CC(=O)NC1[C@@H]2CC3C[C@H]1CC(CNc1nc(NCc4ccccc4OC(F)(F)F)ncc1C#N)(C3)C2. The zero-order valence-electron chi connectivity index (χ0n) is 20.4. The molecule has 4 fully saturated rings. The topological polar surface area (TPSA) is 112 Å². The summed E-state index contributed by atoms with van der Waals surface area (Å²) >= 11 is 0. The molecule has 196 valence electrons. The van der Waals surface area contributed by atoms with Crippen LogP contribution in [0.25, 0.3) is 0 Å². The number of amides is 1. The summed E-state index contributed by atoms with van der Waals surface area (Å²) in [6, 6.07) is 8.22. The van der Waals surface area contributed by atoms with Gasteiger partial charge < -0.3 is 20.7 Å². The average molecular weight is 515 g/mol. The number of benzene rings is 1. The number of nitrogens with zero attached hydrogens (tertiary/aromatic N) is 3. The van der Waals surface area contributed by atoms with Gasteiger partial charge in [-0.05, 0) is 61.3 Å². The number of nitriles is 1. The smallest absolute Gasteiger partial charge is 0.405 e.